The van der Waals surface area contributed by atoms with Crippen molar-refractivity contribution in [1.29, 1.82) is 0 Å². The van der Waals surface area contributed by atoms with Gasteiger partial charge in [0.1, 0.15) is 5.75 Å². The number of carbonyl (C=O) groups excluding carboxylic acids is 1. The second-order valence-electron chi connectivity index (χ2n) is 3.96. The molecule has 0 radical (unpaired) electrons. The van der Waals surface area contributed by atoms with Crippen LogP contribution in [0.4, 0.5) is 0 Å². The third kappa shape index (κ3) is 3.31. The van der Waals surface area contributed by atoms with Gasteiger partial charge >= 0.3 is 0 Å². The normalized spacial score (nSPS) is 18.7. The number of hydrogen-bond donors (Lipinski definition) is 2. The summed E-state index contributed by atoms with van der Waals surface area (Å²) in [7, 11) is 1.58. The molecule has 4 nitrogen and oxygen atoms in total. The zero-order valence-electron chi connectivity index (χ0n) is 10.0. The first-order valence-corrected chi connectivity index (χ1v) is 7.15. The Bertz CT molecular complexity index is 436. The second kappa shape index (κ2) is 6.31. The van der Waals surface area contributed by atoms with E-state index < -0.39 is 0 Å². The van der Waals surface area contributed by atoms with E-state index in [1.165, 1.54) is 0 Å². The lowest BCUT2D eigenvalue weighted by molar-refractivity contribution is -0.122. The number of thioether (sulfide) groups is 1. The first-order valence-electron chi connectivity index (χ1n) is 5.62. The van der Waals surface area contributed by atoms with E-state index in [-0.39, 0.29) is 11.9 Å². The number of amides is 1. The van der Waals surface area contributed by atoms with Gasteiger partial charge in [0.15, 0.2) is 0 Å². The van der Waals surface area contributed by atoms with Gasteiger partial charge in [0, 0.05) is 18.2 Å². The molecule has 0 aromatic heterocycles. The summed E-state index contributed by atoms with van der Waals surface area (Å²) in [6.45, 7) is 0.478. The smallest absolute Gasteiger partial charge is 0.238 e. The van der Waals surface area contributed by atoms with Gasteiger partial charge in [-0.05, 0) is 17.7 Å². The Labute approximate surface area is 115 Å². The predicted octanol–water partition coefficient (Wildman–Crippen LogP) is 1.63. The highest BCUT2D eigenvalue weighted by molar-refractivity contribution is 7.99. The fourth-order valence-corrected chi connectivity index (χ4v) is 2.92. The van der Waals surface area contributed by atoms with Gasteiger partial charge in [0.2, 0.25) is 5.91 Å². The fraction of sp³-hybridized carbons (Fsp3) is 0.417. The van der Waals surface area contributed by atoms with Crippen molar-refractivity contribution in [3.63, 3.8) is 0 Å². The maximum absolute atomic E-state index is 11.8. The molecule has 1 aromatic carbocycles. The molecule has 2 rings (SSSR count). The van der Waals surface area contributed by atoms with Crippen molar-refractivity contribution in [2.75, 3.05) is 18.7 Å². The number of benzene rings is 1. The molecule has 0 spiro atoms. The number of ether oxygens (including phenoxy) is 1. The Morgan fingerprint density at radius 1 is 1.67 bits per heavy atom. The largest absolute Gasteiger partial charge is 0.495 e. The van der Waals surface area contributed by atoms with Crippen molar-refractivity contribution in [1.82, 2.24) is 10.6 Å². The van der Waals surface area contributed by atoms with Gasteiger partial charge < -0.3 is 10.1 Å². The lowest BCUT2D eigenvalue weighted by Crippen LogP contribution is -2.41. The molecule has 1 unspecified atom stereocenters. The lowest BCUT2D eigenvalue weighted by atomic mass is 10.2. The molecule has 0 aliphatic carbocycles. The van der Waals surface area contributed by atoms with E-state index in [1.54, 1.807) is 31.0 Å². The number of rotatable bonds is 4. The second-order valence-corrected chi connectivity index (χ2v) is 5.40. The van der Waals surface area contributed by atoms with Crippen LogP contribution in [0.15, 0.2) is 18.2 Å². The first-order chi connectivity index (χ1) is 8.70. The van der Waals surface area contributed by atoms with Crippen LogP contribution in [0.5, 0.6) is 5.75 Å². The van der Waals surface area contributed by atoms with Crippen LogP contribution in [0, 0.1) is 0 Å². The number of nitrogens with one attached hydrogen (secondary N) is 2. The Morgan fingerprint density at radius 3 is 3.11 bits per heavy atom. The van der Waals surface area contributed by atoms with Crippen LogP contribution in [-0.2, 0) is 11.3 Å². The van der Waals surface area contributed by atoms with Crippen LogP contribution in [0.3, 0.4) is 0 Å². The van der Waals surface area contributed by atoms with E-state index in [0.717, 1.165) is 17.2 Å². The molecule has 1 aliphatic rings. The molecule has 18 heavy (non-hydrogen) atoms. The first kappa shape index (κ1) is 13.5. The summed E-state index contributed by atoms with van der Waals surface area (Å²) in [6, 6.07) is 5.41. The van der Waals surface area contributed by atoms with Crippen molar-refractivity contribution >= 4 is 29.3 Å². The molecule has 1 atom stereocenters. The third-order valence-electron chi connectivity index (χ3n) is 2.72. The standard InChI is InChI=1S/C12H15ClN2O2S/c1-17-11-3-2-8(4-9(11)13)5-14-12(16)10-6-18-7-15-10/h2-4,10,15H,5-7H2,1H3,(H,14,16). The number of carbonyl (C=O) groups is 1. The van der Waals surface area contributed by atoms with Gasteiger partial charge in [0.05, 0.1) is 18.2 Å². The summed E-state index contributed by atoms with van der Waals surface area (Å²) < 4.78 is 5.07. The van der Waals surface area contributed by atoms with Crippen LogP contribution < -0.4 is 15.4 Å². The molecule has 1 aromatic rings. The third-order valence-corrected chi connectivity index (χ3v) is 3.95. The molecule has 1 aliphatic heterocycles. The molecule has 1 saturated heterocycles. The monoisotopic (exact) mass is 286 g/mol. The summed E-state index contributed by atoms with van der Waals surface area (Å²) in [5.41, 5.74) is 0.958. The SMILES string of the molecule is COc1ccc(CNC(=O)C2CSCN2)cc1Cl. The number of hydrogen-bond acceptors (Lipinski definition) is 4. The number of methoxy groups -OCH3 is 1. The van der Waals surface area contributed by atoms with Gasteiger partial charge in [-0.15, -0.1) is 11.8 Å². The zero-order valence-corrected chi connectivity index (χ0v) is 11.6. The molecular weight excluding hydrogens is 272 g/mol. The average Bonchev–Trinajstić information content (AvgIpc) is 2.90. The van der Waals surface area contributed by atoms with Crippen molar-refractivity contribution in [3.05, 3.63) is 28.8 Å². The van der Waals surface area contributed by atoms with E-state index >= 15 is 0 Å². The average molecular weight is 287 g/mol. The summed E-state index contributed by atoms with van der Waals surface area (Å²) >= 11 is 7.75. The Balaban J connectivity index is 1.89. The minimum absolute atomic E-state index is 0.0342. The van der Waals surface area contributed by atoms with E-state index in [9.17, 15) is 4.79 Å². The maximum atomic E-state index is 11.8. The van der Waals surface area contributed by atoms with Crippen molar-refractivity contribution in [2.24, 2.45) is 0 Å². The fourth-order valence-electron chi connectivity index (χ4n) is 1.70. The molecule has 0 bridgehead atoms. The van der Waals surface area contributed by atoms with Crippen molar-refractivity contribution in [3.8, 4) is 5.75 Å². The highest BCUT2D eigenvalue weighted by Crippen LogP contribution is 2.24. The topological polar surface area (TPSA) is 50.4 Å². The van der Waals surface area contributed by atoms with Gasteiger partial charge in [-0.2, -0.15) is 0 Å². The maximum Gasteiger partial charge on any atom is 0.238 e. The van der Waals surface area contributed by atoms with E-state index in [1.807, 2.05) is 6.07 Å². The summed E-state index contributed by atoms with van der Waals surface area (Å²) in [5, 5.41) is 6.57. The molecule has 98 valence electrons. The van der Waals surface area contributed by atoms with Crippen molar-refractivity contribution < 1.29 is 9.53 Å². The van der Waals surface area contributed by atoms with E-state index in [2.05, 4.69) is 10.6 Å². The predicted molar refractivity (Wildman–Crippen MR) is 74.1 cm³/mol. The Kier molecular flexibility index (Phi) is 4.74. The quantitative estimate of drug-likeness (QED) is 0.883. The van der Waals surface area contributed by atoms with Crippen LogP contribution in [0.2, 0.25) is 5.02 Å². The van der Waals surface area contributed by atoms with Crippen LogP contribution in [0.25, 0.3) is 0 Å². The molecule has 6 heteroatoms. The summed E-state index contributed by atoms with van der Waals surface area (Å²) in [4.78, 5) is 11.8. The van der Waals surface area contributed by atoms with Gasteiger partial charge in [-0.3, -0.25) is 10.1 Å². The molecule has 1 heterocycles. The number of halogens is 1. The molecular formula is C12H15ClN2O2S. The highest BCUT2D eigenvalue weighted by Gasteiger charge is 2.21. The molecule has 0 saturated carbocycles. The van der Waals surface area contributed by atoms with Gasteiger partial charge in [-0.25, -0.2) is 0 Å². The molecule has 1 amide bonds. The van der Waals surface area contributed by atoms with Crippen LogP contribution in [0.1, 0.15) is 5.56 Å². The summed E-state index contributed by atoms with van der Waals surface area (Å²) in [5.74, 6) is 2.34. The Morgan fingerprint density at radius 2 is 2.50 bits per heavy atom. The van der Waals surface area contributed by atoms with Crippen molar-refractivity contribution in [2.45, 2.75) is 12.6 Å². The summed E-state index contributed by atoms with van der Waals surface area (Å²) in [6.07, 6.45) is 0. The van der Waals surface area contributed by atoms with Crippen LogP contribution >= 0.6 is 23.4 Å². The molecule has 2 N–H and O–H groups in total. The lowest BCUT2D eigenvalue weighted by Gasteiger charge is -2.11. The minimum Gasteiger partial charge on any atom is -0.495 e. The van der Waals surface area contributed by atoms with E-state index in [4.69, 9.17) is 16.3 Å². The zero-order chi connectivity index (χ0) is 13.0. The molecule has 1 fully saturated rings. The van der Waals surface area contributed by atoms with E-state index in [0.29, 0.717) is 17.3 Å². The highest BCUT2D eigenvalue weighted by atomic mass is 35.5. The Hall–Kier alpha value is -0.910. The van der Waals surface area contributed by atoms with Gasteiger partial charge in [-0.1, -0.05) is 17.7 Å². The minimum atomic E-state index is -0.0799. The van der Waals surface area contributed by atoms with Gasteiger partial charge in [0.25, 0.3) is 0 Å². The van der Waals surface area contributed by atoms with Crippen LogP contribution in [-0.4, -0.2) is 30.7 Å².